The second kappa shape index (κ2) is 7.83. The Kier molecular flexibility index (Phi) is 4.91. The number of nitrogens with zero attached hydrogens (tertiary/aromatic N) is 3. The van der Waals surface area contributed by atoms with Gasteiger partial charge in [0.15, 0.2) is 0 Å². The third-order valence-corrected chi connectivity index (χ3v) is 6.15. The Morgan fingerprint density at radius 1 is 0.964 bits per heavy atom. The third kappa shape index (κ3) is 3.58. The highest BCUT2D eigenvalue weighted by molar-refractivity contribution is 7.21. The summed E-state index contributed by atoms with van der Waals surface area (Å²) in [5.41, 5.74) is 3.18. The van der Waals surface area contributed by atoms with E-state index in [0.717, 1.165) is 72.2 Å². The van der Waals surface area contributed by atoms with Crippen LogP contribution in [-0.4, -0.2) is 54.3 Å². The molecular weight excluding hydrogens is 368 g/mol. The molecule has 28 heavy (non-hydrogen) atoms. The monoisotopic (exact) mass is 390 g/mol. The number of morpholine rings is 1. The van der Waals surface area contributed by atoms with Gasteiger partial charge in [0.2, 0.25) is 0 Å². The van der Waals surface area contributed by atoms with E-state index >= 15 is 0 Å². The van der Waals surface area contributed by atoms with Gasteiger partial charge < -0.3 is 10.1 Å². The second-order valence-electron chi connectivity index (χ2n) is 6.94. The number of pyridine rings is 1. The first-order chi connectivity index (χ1) is 13.9. The van der Waals surface area contributed by atoms with Crippen molar-refractivity contribution in [3.05, 3.63) is 54.6 Å². The molecule has 0 bridgehead atoms. The van der Waals surface area contributed by atoms with Crippen LogP contribution in [0.2, 0.25) is 0 Å². The molecule has 1 aliphatic heterocycles. The van der Waals surface area contributed by atoms with E-state index < -0.39 is 0 Å². The lowest BCUT2D eigenvalue weighted by Crippen LogP contribution is -2.39. The van der Waals surface area contributed by atoms with Crippen molar-refractivity contribution in [2.45, 2.75) is 0 Å². The molecule has 142 valence electrons. The highest BCUT2D eigenvalue weighted by atomic mass is 32.1. The Hall–Kier alpha value is -2.54. The van der Waals surface area contributed by atoms with E-state index in [0.29, 0.717) is 0 Å². The standard InChI is InChI=1S/C22H22N4OS/c1-2-6-18-16(5-1)17(22-25-19-7-3-4-8-20(19)28-22)15-21(24-18)23-9-10-26-11-13-27-14-12-26/h1-8,15H,9-14H2,(H,23,24). The van der Waals surface area contributed by atoms with E-state index in [4.69, 9.17) is 14.7 Å². The van der Waals surface area contributed by atoms with E-state index in [1.807, 2.05) is 12.1 Å². The highest BCUT2D eigenvalue weighted by Crippen LogP contribution is 2.35. The molecule has 0 saturated carbocycles. The summed E-state index contributed by atoms with van der Waals surface area (Å²) >= 11 is 1.73. The van der Waals surface area contributed by atoms with Gasteiger partial charge in [0.25, 0.3) is 0 Å². The summed E-state index contributed by atoms with van der Waals surface area (Å²) in [6.45, 7) is 5.53. The number of benzene rings is 2. The van der Waals surface area contributed by atoms with Crippen LogP contribution in [0.5, 0.6) is 0 Å². The lowest BCUT2D eigenvalue weighted by molar-refractivity contribution is 0.0398. The Morgan fingerprint density at radius 3 is 2.61 bits per heavy atom. The number of aromatic nitrogens is 2. The molecule has 1 saturated heterocycles. The topological polar surface area (TPSA) is 50.3 Å². The first-order valence-corrected chi connectivity index (χ1v) is 10.5. The number of rotatable bonds is 5. The number of hydrogen-bond acceptors (Lipinski definition) is 6. The van der Waals surface area contributed by atoms with Crippen LogP contribution >= 0.6 is 11.3 Å². The van der Waals surface area contributed by atoms with Crippen molar-refractivity contribution in [3.8, 4) is 10.6 Å². The summed E-state index contributed by atoms with van der Waals surface area (Å²) < 4.78 is 6.63. The number of ether oxygens (including phenoxy) is 1. The number of hydrogen-bond donors (Lipinski definition) is 1. The van der Waals surface area contributed by atoms with Crippen LogP contribution in [0.15, 0.2) is 54.6 Å². The van der Waals surface area contributed by atoms with Crippen molar-refractivity contribution in [1.82, 2.24) is 14.9 Å². The molecule has 5 nitrogen and oxygen atoms in total. The van der Waals surface area contributed by atoms with Crippen molar-refractivity contribution >= 4 is 38.3 Å². The van der Waals surface area contributed by atoms with E-state index in [-0.39, 0.29) is 0 Å². The third-order valence-electron chi connectivity index (χ3n) is 5.08. The predicted octanol–water partition coefficient (Wildman–Crippen LogP) is 4.26. The normalized spacial score (nSPS) is 15.3. The van der Waals surface area contributed by atoms with Gasteiger partial charge in [0.05, 0.1) is 28.9 Å². The fourth-order valence-corrected chi connectivity index (χ4v) is 4.59. The molecule has 0 radical (unpaired) electrons. The molecular formula is C22H22N4OS. The van der Waals surface area contributed by atoms with Crippen molar-refractivity contribution < 1.29 is 4.74 Å². The van der Waals surface area contributed by atoms with Gasteiger partial charge in [-0.25, -0.2) is 9.97 Å². The summed E-state index contributed by atoms with van der Waals surface area (Å²) in [5.74, 6) is 0.904. The summed E-state index contributed by atoms with van der Waals surface area (Å²) in [7, 11) is 0. The SMILES string of the molecule is c1ccc2sc(-c3cc(NCCN4CCOCC4)nc4ccccc34)nc2c1. The fourth-order valence-electron chi connectivity index (χ4n) is 3.60. The minimum Gasteiger partial charge on any atom is -0.379 e. The number of nitrogens with one attached hydrogen (secondary N) is 1. The summed E-state index contributed by atoms with van der Waals surface area (Å²) in [6, 6.07) is 18.7. The van der Waals surface area contributed by atoms with E-state index in [1.165, 1.54) is 4.70 Å². The molecule has 0 atom stereocenters. The van der Waals surface area contributed by atoms with Gasteiger partial charge in [-0.2, -0.15) is 0 Å². The lowest BCUT2D eigenvalue weighted by atomic mass is 10.1. The van der Waals surface area contributed by atoms with Crippen LogP contribution < -0.4 is 5.32 Å². The average molecular weight is 391 g/mol. The zero-order chi connectivity index (χ0) is 18.8. The molecule has 6 heteroatoms. The zero-order valence-electron chi connectivity index (χ0n) is 15.6. The molecule has 1 fully saturated rings. The maximum atomic E-state index is 5.42. The van der Waals surface area contributed by atoms with Crippen LogP contribution in [0.4, 0.5) is 5.82 Å². The molecule has 0 spiro atoms. The summed E-state index contributed by atoms with van der Waals surface area (Å²) in [4.78, 5) is 12.1. The Bertz CT molecular complexity index is 1070. The van der Waals surface area contributed by atoms with Crippen LogP contribution in [0.3, 0.4) is 0 Å². The average Bonchev–Trinajstić information content (AvgIpc) is 3.18. The quantitative estimate of drug-likeness (QED) is 0.552. The molecule has 0 aliphatic carbocycles. The van der Waals surface area contributed by atoms with Crippen molar-refractivity contribution in [2.24, 2.45) is 0 Å². The van der Waals surface area contributed by atoms with Crippen LogP contribution in [0.25, 0.3) is 31.7 Å². The van der Waals surface area contributed by atoms with Gasteiger partial charge in [-0.3, -0.25) is 4.90 Å². The zero-order valence-corrected chi connectivity index (χ0v) is 16.4. The number of para-hydroxylation sites is 2. The number of thiazole rings is 1. The van der Waals surface area contributed by atoms with Gasteiger partial charge in [-0.1, -0.05) is 30.3 Å². The van der Waals surface area contributed by atoms with Crippen molar-refractivity contribution in [3.63, 3.8) is 0 Å². The van der Waals surface area contributed by atoms with Gasteiger partial charge in [0, 0.05) is 37.1 Å². The van der Waals surface area contributed by atoms with E-state index in [9.17, 15) is 0 Å². The summed E-state index contributed by atoms with van der Waals surface area (Å²) in [5, 5.41) is 5.69. The second-order valence-corrected chi connectivity index (χ2v) is 7.97. The Balaban J connectivity index is 1.45. The van der Waals surface area contributed by atoms with E-state index in [1.54, 1.807) is 11.3 Å². The van der Waals surface area contributed by atoms with Crippen molar-refractivity contribution in [1.29, 1.82) is 0 Å². The molecule has 4 aromatic rings. The van der Waals surface area contributed by atoms with Gasteiger partial charge in [-0.05, 0) is 24.3 Å². The molecule has 0 amide bonds. The van der Waals surface area contributed by atoms with Crippen LogP contribution in [0.1, 0.15) is 0 Å². The molecule has 2 aromatic carbocycles. The molecule has 1 aliphatic rings. The van der Waals surface area contributed by atoms with Gasteiger partial charge in [-0.15, -0.1) is 11.3 Å². The largest absolute Gasteiger partial charge is 0.379 e. The van der Waals surface area contributed by atoms with Crippen LogP contribution in [-0.2, 0) is 4.74 Å². The summed E-state index contributed by atoms with van der Waals surface area (Å²) in [6.07, 6.45) is 0. The lowest BCUT2D eigenvalue weighted by Gasteiger charge is -2.26. The minimum absolute atomic E-state index is 0.829. The smallest absolute Gasteiger partial charge is 0.127 e. The van der Waals surface area contributed by atoms with Crippen LogP contribution in [0, 0.1) is 0 Å². The Labute approximate surface area is 168 Å². The molecule has 3 heterocycles. The number of fused-ring (bicyclic) bond motifs is 2. The van der Waals surface area contributed by atoms with Gasteiger partial charge in [0.1, 0.15) is 10.8 Å². The maximum absolute atomic E-state index is 5.42. The predicted molar refractivity (Wildman–Crippen MR) is 116 cm³/mol. The molecule has 1 N–H and O–H groups in total. The van der Waals surface area contributed by atoms with Crippen molar-refractivity contribution in [2.75, 3.05) is 44.7 Å². The fraction of sp³-hybridized carbons (Fsp3) is 0.273. The Morgan fingerprint density at radius 2 is 1.75 bits per heavy atom. The molecule has 5 rings (SSSR count). The number of anilines is 1. The molecule has 2 aromatic heterocycles. The van der Waals surface area contributed by atoms with Gasteiger partial charge >= 0.3 is 0 Å². The highest BCUT2D eigenvalue weighted by Gasteiger charge is 2.13. The van der Waals surface area contributed by atoms with E-state index in [2.05, 4.69) is 52.7 Å². The maximum Gasteiger partial charge on any atom is 0.127 e. The molecule has 0 unspecified atom stereocenters. The minimum atomic E-state index is 0.829. The first-order valence-electron chi connectivity index (χ1n) is 9.66. The first kappa shape index (κ1) is 17.6.